The Morgan fingerprint density at radius 2 is 1.22 bits per heavy atom. The van der Waals surface area contributed by atoms with E-state index in [0.717, 1.165) is 84.1 Å². The number of likely N-dealkylation sites (N-methyl/N-ethyl adjacent to an activating group) is 2. The van der Waals surface area contributed by atoms with Gasteiger partial charge in [-0.15, -0.1) is 0 Å². The van der Waals surface area contributed by atoms with E-state index in [2.05, 4.69) is 171 Å². The molecule has 0 aromatic carbocycles. The molecule has 0 bridgehead atoms. The molecule has 1 saturated carbocycles. The zero-order chi connectivity index (χ0) is 42.0. The minimum absolute atomic E-state index is 0.135. The lowest BCUT2D eigenvalue weighted by Crippen LogP contribution is -3.03. The summed E-state index contributed by atoms with van der Waals surface area (Å²) in [5.74, 6) is 0.550. The third kappa shape index (κ3) is 14.7. The summed E-state index contributed by atoms with van der Waals surface area (Å²) in [7, 11) is 2.17. The largest absolute Gasteiger partial charge is 0.300 e. The Morgan fingerprint density at radius 3 is 1.73 bits per heavy atom. The number of hydrogen-bond acceptors (Lipinski definition) is 10. The molecule has 0 aromatic heterocycles. The Bertz CT molecular complexity index is 1010. The van der Waals surface area contributed by atoms with Gasteiger partial charge in [-0.3, -0.25) is 37.2 Å². The van der Waals surface area contributed by atoms with Gasteiger partial charge in [-0.1, -0.05) is 107 Å². The third-order valence-corrected chi connectivity index (χ3v) is 11.5. The molecule has 330 valence electrons. The Labute approximate surface area is 343 Å². The van der Waals surface area contributed by atoms with Gasteiger partial charge in [0, 0.05) is 17.1 Å². The molecule has 0 spiro atoms. The van der Waals surface area contributed by atoms with E-state index in [1.165, 1.54) is 38.5 Å². The quantitative estimate of drug-likeness (QED) is 0.0202. The first-order chi connectivity index (χ1) is 25.7. The van der Waals surface area contributed by atoms with Crippen molar-refractivity contribution in [2.24, 2.45) is 11.3 Å². The Hall–Kier alpha value is -0.400. The molecule has 0 aliphatic heterocycles. The van der Waals surface area contributed by atoms with Crippen LogP contribution in [0.4, 0.5) is 0 Å². The first kappa shape index (κ1) is 52.6. The van der Waals surface area contributed by atoms with Gasteiger partial charge in [0.05, 0.1) is 0 Å². The summed E-state index contributed by atoms with van der Waals surface area (Å²) in [4.78, 5) is 0. The number of rotatable bonds is 30. The number of nitrogens with zero attached hydrogens (tertiary/aromatic N) is 1. The molecule has 0 saturated heterocycles. The molecular formula is C45H100N10. The lowest BCUT2D eigenvalue weighted by atomic mass is 9.62. The summed E-state index contributed by atoms with van der Waals surface area (Å²) in [5, 5.41) is 32.8. The second-order valence-electron chi connectivity index (χ2n) is 20.3. The topological polar surface area (TPSA) is 112 Å². The average Bonchev–Trinajstić information content (AvgIpc) is 3.07. The van der Waals surface area contributed by atoms with Crippen molar-refractivity contribution < 1.29 is 0 Å². The van der Waals surface area contributed by atoms with E-state index in [1.807, 2.05) is 0 Å². The zero-order valence-corrected chi connectivity index (χ0v) is 40.0. The monoisotopic (exact) mass is 781 g/mol. The summed E-state index contributed by atoms with van der Waals surface area (Å²) in [5.41, 5.74) is 5.39. The molecule has 10 nitrogen and oxygen atoms in total. The standard InChI is InChI=1S/C45H100N10/c1-18-24-27-28-34-50-45(51-35-38(22-5)29-25-19-2)43(52-37(7)8,55(53-40(12,13)14)54-41(15,16)36-39(9,10)11)31-30-42(46-17,47-23-6)44(45,48-32-21-4)49-33-26-20-3/h37-38,46-54H,18-36H2,1-17H3. The van der Waals surface area contributed by atoms with Crippen LogP contribution in [0.15, 0.2) is 0 Å². The van der Waals surface area contributed by atoms with Gasteiger partial charge in [0.2, 0.25) is 0 Å². The molecule has 10 heteroatoms. The average molecular weight is 781 g/mol. The van der Waals surface area contributed by atoms with Crippen LogP contribution in [-0.4, -0.2) is 84.7 Å². The van der Waals surface area contributed by atoms with Crippen molar-refractivity contribution in [2.45, 2.75) is 240 Å². The molecular weight excluding hydrogens is 681 g/mol. The van der Waals surface area contributed by atoms with Gasteiger partial charge in [0.1, 0.15) is 22.7 Å². The highest BCUT2D eigenvalue weighted by Crippen LogP contribution is 2.48. The van der Waals surface area contributed by atoms with Crippen LogP contribution in [0, 0.1) is 11.3 Å². The first-order valence-electron chi connectivity index (χ1n) is 23.3. The van der Waals surface area contributed by atoms with Gasteiger partial charge >= 0.3 is 0 Å². The predicted octanol–water partition coefficient (Wildman–Crippen LogP) is 8.08. The lowest BCUT2D eigenvalue weighted by Gasteiger charge is -2.72. The summed E-state index contributed by atoms with van der Waals surface area (Å²) < 4.78 is 0. The Morgan fingerprint density at radius 1 is 0.618 bits per heavy atom. The maximum Gasteiger partial charge on any atom is 0.139 e. The second-order valence-corrected chi connectivity index (χ2v) is 20.3. The number of hydrazine groups is 2. The summed E-state index contributed by atoms with van der Waals surface area (Å²) in [6.45, 7) is 41.7. The van der Waals surface area contributed by atoms with Crippen molar-refractivity contribution in [1.82, 2.24) is 53.2 Å². The van der Waals surface area contributed by atoms with Gasteiger partial charge in [-0.05, 0) is 145 Å². The molecule has 0 radical (unpaired) electrons. The molecule has 9 N–H and O–H groups in total. The Kier molecular flexibility index (Phi) is 23.0. The van der Waals surface area contributed by atoms with Crippen LogP contribution in [-0.2, 0) is 0 Å². The molecule has 1 aliphatic carbocycles. The zero-order valence-electron chi connectivity index (χ0n) is 40.0. The van der Waals surface area contributed by atoms with Crippen LogP contribution in [0.2, 0.25) is 0 Å². The number of hydrogen-bond donors (Lipinski definition) is 9. The molecule has 5 atom stereocenters. The minimum atomic E-state index is -0.772. The van der Waals surface area contributed by atoms with E-state index >= 15 is 0 Å². The van der Waals surface area contributed by atoms with E-state index in [4.69, 9.17) is 0 Å². The number of unbranched alkanes of at least 4 members (excludes halogenated alkanes) is 5. The molecule has 1 rings (SSSR count). The fourth-order valence-corrected chi connectivity index (χ4v) is 9.60. The van der Waals surface area contributed by atoms with Crippen LogP contribution in [0.25, 0.3) is 0 Å². The fraction of sp³-hybridized carbons (Fsp3) is 1.00. The van der Waals surface area contributed by atoms with Crippen LogP contribution >= 0.6 is 0 Å². The molecule has 1 aliphatic rings. The van der Waals surface area contributed by atoms with E-state index in [9.17, 15) is 0 Å². The van der Waals surface area contributed by atoms with E-state index in [0.29, 0.717) is 5.92 Å². The maximum atomic E-state index is 4.56. The molecule has 55 heavy (non-hydrogen) atoms. The molecule has 0 amide bonds. The highest BCUT2D eigenvalue weighted by Gasteiger charge is 2.75. The highest BCUT2D eigenvalue weighted by molar-refractivity contribution is 5.31. The summed E-state index contributed by atoms with van der Waals surface area (Å²) in [6.07, 6.45) is 15.6. The van der Waals surface area contributed by atoms with Crippen molar-refractivity contribution in [1.29, 1.82) is 0 Å². The van der Waals surface area contributed by atoms with Crippen LogP contribution in [0.3, 0.4) is 0 Å². The van der Waals surface area contributed by atoms with Crippen LogP contribution in [0.1, 0.15) is 201 Å². The smallest absolute Gasteiger partial charge is 0.139 e. The van der Waals surface area contributed by atoms with Crippen molar-refractivity contribution in [3.05, 3.63) is 0 Å². The normalized spacial score (nSPS) is 26.0. The first-order valence-corrected chi connectivity index (χ1v) is 23.3. The van der Waals surface area contributed by atoms with Gasteiger partial charge < -0.3 is 0 Å². The SMILES string of the molecule is CCCCCCNC1(NCC(CC)CCCC)C(NC(C)C)(N(NC(C)(C)C)NC(C)(C)CC(C)(C)C)CCC(NC)(NCC)C1(NCCC)NCCCC. The summed E-state index contributed by atoms with van der Waals surface area (Å²) in [6, 6.07) is 0.183. The summed E-state index contributed by atoms with van der Waals surface area (Å²) >= 11 is 0. The van der Waals surface area contributed by atoms with Crippen LogP contribution in [0.5, 0.6) is 0 Å². The Balaban J connectivity index is 4.69. The van der Waals surface area contributed by atoms with Gasteiger partial charge in [-0.25, -0.2) is 10.9 Å². The molecule has 0 heterocycles. The van der Waals surface area contributed by atoms with Crippen molar-refractivity contribution >= 4 is 0 Å². The molecule has 1 fully saturated rings. The molecule has 0 aromatic rings. The lowest BCUT2D eigenvalue weighted by molar-refractivity contribution is -0.223. The van der Waals surface area contributed by atoms with E-state index < -0.39 is 22.7 Å². The van der Waals surface area contributed by atoms with Gasteiger partial charge in [-0.2, -0.15) is 5.12 Å². The van der Waals surface area contributed by atoms with Crippen molar-refractivity contribution in [3.8, 4) is 0 Å². The number of nitrogens with one attached hydrogen (secondary N) is 9. The van der Waals surface area contributed by atoms with Gasteiger partial charge in [0.15, 0.2) is 0 Å². The predicted molar refractivity (Wildman–Crippen MR) is 242 cm³/mol. The maximum absolute atomic E-state index is 4.56. The van der Waals surface area contributed by atoms with Crippen LogP contribution < -0.4 is 48.1 Å². The minimum Gasteiger partial charge on any atom is -0.300 e. The fourth-order valence-electron chi connectivity index (χ4n) is 9.60. The van der Waals surface area contributed by atoms with E-state index in [-0.39, 0.29) is 22.5 Å². The van der Waals surface area contributed by atoms with Crippen molar-refractivity contribution in [3.63, 3.8) is 0 Å². The highest BCUT2D eigenvalue weighted by atomic mass is 15.8. The van der Waals surface area contributed by atoms with Gasteiger partial charge in [0.25, 0.3) is 0 Å². The third-order valence-electron chi connectivity index (χ3n) is 11.5. The van der Waals surface area contributed by atoms with Crippen molar-refractivity contribution in [2.75, 3.05) is 39.8 Å². The molecule has 5 unspecified atom stereocenters. The second kappa shape index (κ2) is 24.0. The van der Waals surface area contributed by atoms with E-state index in [1.54, 1.807) is 0 Å².